The first-order chi connectivity index (χ1) is 17.3. The van der Waals surface area contributed by atoms with E-state index in [2.05, 4.69) is 22.9 Å². The molecule has 4 nitrogen and oxygen atoms in total. The Morgan fingerprint density at radius 2 is 0.829 bits per heavy atom. The van der Waals surface area contributed by atoms with Crippen LogP contribution in [0.2, 0.25) is 0 Å². The highest BCUT2D eigenvalue weighted by Gasteiger charge is 2.01. The van der Waals surface area contributed by atoms with Crippen molar-refractivity contribution in [2.24, 2.45) is 0 Å². The number of unbranched alkanes of at least 4 members (excludes halogenated alkanes) is 20. The number of carbonyl (C=O) groups excluding carboxylic acids is 1. The van der Waals surface area contributed by atoms with Gasteiger partial charge in [0, 0.05) is 13.0 Å². The Bertz CT molecular complexity index is 403. The maximum Gasteiger partial charge on any atom is 0.219 e. The van der Waals surface area contributed by atoms with Crippen molar-refractivity contribution in [1.82, 2.24) is 16.0 Å². The van der Waals surface area contributed by atoms with Gasteiger partial charge in [-0.3, -0.25) is 4.79 Å². The first-order valence-corrected chi connectivity index (χ1v) is 15.9. The summed E-state index contributed by atoms with van der Waals surface area (Å²) in [5.41, 5.74) is 0. The van der Waals surface area contributed by atoms with Crippen LogP contribution < -0.4 is 16.0 Å². The van der Waals surface area contributed by atoms with Gasteiger partial charge in [0.2, 0.25) is 5.91 Å². The van der Waals surface area contributed by atoms with E-state index < -0.39 is 0 Å². The maximum atomic E-state index is 12.0. The van der Waals surface area contributed by atoms with Gasteiger partial charge < -0.3 is 16.0 Å². The van der Waals surface area contributed by atoms with Gasteiger partial charge in [-0.2, -0.15) is 0 Å². The monoisotopic (exact) mass is 496 g/mol. The Labute approximate surface area is 220 Å². The zero-order valence-corrected chi connectivity index (χ0v) is 24.2. The number of rotatable bonds is 30. The molecule has 0 spiro atoms. The molecule has 0 aliphatic rings. The molecule has 0 aromatic heterocycles. The van der Waals surface area contributed by atoms with Crippen LogP contribution in [0, 0.1) is 0 Å². The summed E-state index contributed by atoms with van der Waals surface area (Å²) in [6.45, 7) is 6.72. The number of hydrogen-bond acceptors (Lipinski definition) is 3. The second kappa shape index (κ2) is 31.4. The van der Waals surface area contributed by atoms with Crippen LogP contribution in [0.15, 0.2) is 0 Å². The van der Waals surface area contributed by atoms with Crippen molar-refractivity contribution in [3.8, 4) is 0 Å². The third-order valence-corrected chi connectivity index (χ3v) is 7.14. The highest BCUT2D eigenvalue weighted by Crippen LogP contribution is 2.12. The second-order valence-corrected chi connectivity index (χ2v) is 10.7. The standard InChI is InChI=1S/C31H65N3O/c1-3-4-5-23-28-33-29-24-19-15-11-6-7-12-16-20-25-30-34-31(35)26-21-17-13-9-8-10-14-18-22-27-32-2/h32-33H,3-30H2,1-2H3,(H,34,35). The van der Waals surface area contributed by atoms with Gasteiger partial charge in [-0.05, 0) is 58.8 Å². The van der Waals surface area contributed by atoms with Gasteiger partial charge in [0.05, 0.1) is 0 Å². The molecule has 0 aromatic carbocycles. The van der Waals surface area contributed by atoms with Gasteiger partial charge in [-0.1, -0.05) is 122 Å². The van der Waals surface area contributed by atoms with Gasteiger partial charge in [0.25, 0.3) is 0 Å². The van der Waals surface area contributed by atoms with Gasteiger partial charge in [-0.25, -0.2) is 0 Å². The van der Waals surface area contributed by atoms with E-state index in [1.54, 1.807) is 0 Å². The summed E-state index contributed by atoms with van der Waals surface area (Å²) in [7, 11) is 2.03. The van der Waals surface area contributed by atoms with E-state index in [4.69, 9.17) is 0 Å². The molecule has 1 amide bonds. The van der Waals surface area contributed by atoms with Crippen LogP contribution in [-0.2, 0) is 4.79 Å². The Morgan fingerprint density at radius 3 is 1.29 bits per heavy atom. The largest absolute Gasteiger partial charge is 0.356 e. The van der Waals surface area contributed by atoms with Crippen molar-refractivity contribution < 1.29 is 4.79 Å². The summed E-state index contributed by atoms with van der Waals surface area (Å²) in [5, 5.41) is 9.92. The number of carbonyl (C=O) groups is 1. The van der Waals surface area contributed by atoms with E-state index in [0.717, 1.165) is 32.4 Å². The third kappa shape index (κ3) is 31.4. The summed E-state index contributed by atoms with van der Waals surface area (Å²) in [6, 6.07) is 0. The predicted octanol–water partition coefficient (Wildman–Crippen LogP) is 8.29. The average molecular weight is 496 g/mol. The molecule has 0 heterocycles. The highest BCUT2D eigenvalue weighted by atomic mass is 16.1. The summed E-state index contributed by atoms with van der Waals surface area (Å²) < 4.78 is 0. The number of nitrogens with one attached hydrogen (secondary N) is 3. The first-order valence-electron chi connectivity index (χ1n) is 15.9. The molecule has 0 fully saturated rings. The topological polar surface area (TPSA) is 53.2 Å². The van der Waals surface area contributed by atoms with Crippen LogP contribution in [0.1, 0.15) is 161 Å². The lowest BCUT2D eigenvalue weighted by atomic mass is 10.1. The van der Waals surface area contributed by atoms with Gasteiger partial charge in [0.1, 0.15) is 0 Å². The summed E-state index contributed by atoms with van der Waals surface area (Å²) in [6.07, 6.45) is 31.3. The van der Waals surface area contributed by atoms with Gasteiger partial charge in [-0.15, -0.1) is 0 Å². The van der Waals surface area contributed by atoms with Crippen LogP contribution in [-0.4, -0.2) is 39.1 Å². The average Bonchev–Trinajstić information content (AvgIpc) is 2.86. The fourth-order valence-electron chi connectivity index (χ4n) is 4.73. The normalized spacial score (nSPS) is 11.3. The van der Waals surface area contributed by atoms with Crippen LogP contribution in [0.4, 0.5) is 0 Å². The molecule has 0 aliphatic carbocycles. The van der Waals surface area contributed by atoms with E-state index in [1.165, 1.54) is 148 Å². The maximum absolute atomic E-state index is 12.0. The zero-order chi connectivity index (χ0) is 25.5. The molecule has 0 atom stereocenters. The fourth-order valence-corrected chi connectivity index (χ4v) is 4.73. The molecule has 0 saturated carbocycles. The molecule has 0 saturated heterocycles. The molecule has 3 N–H and O–H groups in total. The fraction of sp³-hybridized carbons (Fsp3) is 0.968. The SMILES string of the molecule is CCCCCCNCCCCCCCCCCCCNC(=O)CCCCCCCCCCCNC. The molecule has 0 aromatic rings. The lowest BCUT2D eigenvalue weighted by Gasteiger charge is -2.06. The van der Waals surface area contributed by atoms with E-state index in [1.807, 2.05) is 7.05 Å². The highest BCUT2D eigenvalue weighted by molar-refractivity contribution is 5.75. The number of amides is 1. The van der Waals surface area contributed by atoms with E-state index in [0.29, 0.717) is 0 Å². The molecule has 0 aliphatic heterocycles. The van der Waals surface area contributed by atoms with E-state index in [-0.39, 0.29) is 5.91 Å². The van der Waals surface area contributed by atoms with Crippen LogP contribution in [0.25, 0.3) is 0 Å². The minimum atomic E-state index is 0.265. The minimum absolute atomic E-state index is 0.265. The molecule has 0 rings (SSSR count). The lowest BCUT2D eigenvalue weighted by Crippen LogP contribution is -2.23. The van der Waals surface area contributed by atoms with Gasteiger partial charge in [0.15, 0.2) is 0 Å². The lowest BCUT2D eigenvalue weighted by molar-refractivity contribution is -0.121. The Kier molecular flexibility index (Phi) is 30.9. The van der Waals surface area contributed by atoms with E-state index in [9.17, 15) is 4.79 Å². The molecule has 0 bridgehead atoms. The number of hydrogen-bond donors (Lipinski definition) is 3. The summed E-state index contributed by atoms with van der Waals surface area (Å²) in [5.74, 6) is 0.265. The van der Waals surface area contributed by atoms with Crippen molar-refractivity contribution in [3.63, 3.8) is 0 Å². The molecule has 0 radical (unpaired) electrons. The van der Waals surface area contributed by atoms with Crippen LogP contribution >= 0.6 is 0 Å². The smallest absolute Gasteiger partial charge is 0.219 e. The van der Waals surface area contributed by atoms with Gasteiger partial charge >= 0.3 is 0 Å². The summed E-state index contributed by atoms with van der Waals surface area (Å²) >= 11 is 0. The first kappa shape index (κ1) is 34.4. The molecular formula is C31H65N3O. The zero-order valence-electron chi connectivity index (χ0n) is 24.2. The molecule has 35 heavy (non-hydrogen) atoms. The minimum Gasteiger partial charge on any atom is -0.356 e. The second-order valence-electron chi connectivity index (χ2n) is 10.7. The van der Waals surface area contributed by atoms with E-state index >= 15 is 0 Å². The third-order valence-electron chi connectivity index (χ3n) is 7.14. The van der Waals surface area contributed by atoms with Crippen molar-refractivity contribution in [2.45, 2.75) is 161 Å². The molecular weight excluding hydrogens is 430 g/mol. The molecule has 0 unspecified atom stereocenters. The predicted molar refractivity (Wildman–Crippen MR) is 156 cm³/mol. The van der Waals surface area contributed by atoms with Crippen LogP contribution in [0.3, 0.4) is 0 Å². The van der Waals surface area contributed by atoms with Crippen molar-refractivity contribution in [2.75, 3.05) is 33.2 Å². The quantitative estimate of drug-likeness (QED) is 0.0878. The van der Waals surface area contributed by atoms with Crippen molar-refractivity contribution in [3.05, 3.63) is 0 Å². The Balaban J connectivity index is 3.13. The van der Waals surface area contributed by atoms with Crippen LogP contribution in [0.5, 0.6) is 0 Å². The Hall–Kier alpha value is -0.610. The van der Waals surface area contributed by atoms with Crippen molar-refractivity contribution >= 4 is 5.91 Å². The molecule has 210 valence electrons. The molecule has 4 heteroatoms. The Morgan fingerprint density at radius 1 is 0.457 bits per heavy atom. The van der Waals surface area contributed by atoms with Crippen molar-refractivity contribution in [1.29, 1.82) is 0 Å². The summed E-state index contributed by atoms with van der Waals surface area (Å²) in [4.78, 5) is 12.0.